The van der Waals surface area contributed by atoms with E-state index in [0.29, 0.717) is 31.0 Å². The van der Waals surface area contributed by atoms with Crippen molar-refractivity contribution in [2.24, 2.45) is 5.92 Å². The number of para-hydroxylation sites is 1. The van der Waals surface area contributed by atoms with Crippen molar-refractivity contribution in [3.8, 4) is 11.5 Å². The lowest BCUT2D eigenvalue weighted by atomic mass is 10.0. The minimum atomic E-state index is -0.842. The molecule has 0 amide bonds. The number of likely N-dealkylation sites (N-methyl/N-ethyl adjacent to an activating group) is 1. The Kier molecular flexibility index (Phi) is 5.03. The Morgan fingerprint density at radius 2 is 2.24 bits per heavy atom. The zero-order valence-electron chi connectivity index (χ0n) is 12.3. The molecule has 1 aromatic rings. The maximum atomic E-state index is 11.3. The highest BCUT2D eigenvalue weighted by Crippen LogP contribution is 2.31. The molecule has 0 aliphatic carbocycles. The first-order chi connectivity index (χ1) is 10.1. The van der Waals surface area contributed by atoms with Crippen LogP contribution in [0.3, 0.4) is 0 Å². The van der Waals surface area contributed by atoms with Gasteiger partial charge < -0.3 is 19.7 Å². The summed E-state index contributed by atoms with van der Waals surface area (Å²) in [5.74, 6) is -0.853. The number of hydrogen-bond donors (Lipinski definition) is 2. The molecule has 21 heavy (non-hydrogen) atoms. The van der Waals surface area contributed by atoms with E-state index < -0.39 is 11.9 Å². The van der Waals surface area contributed by atoms with Crippen LogP contribution in [0.5, 0.6) is 11.5 Å². The lowest BCUT2D eigenvalue weighted by molar-refractivity contribution is -0.143. The summed E-state index contributed by atoms with van der Waals surface area (Å²) in [5.41, 5.74) is 0.715. The SMILES string of the molecule is CCN(Cc1cccc(OC)c1O)C1COCC1C(=O)O. The van der Waals surface area contributed by atoms with E-state index in [1.807, 2.05) is 24.0 Å². The van der Waals surface area contributed by atoms with E-state index in [0.717, 1.165) is 0 Å². The minimum absolute atomic E-state index is 0.101. The first kappa shape index (κ1) is 15.6. The van der Waals surface area contributed by atoms with E-state index in [9.17, 15) is 15.0 Å². The molecule has 1 fully saturated rings. The van der Waals surface area contributed by atoms with Gasteiger partial charge in [-0.25, -0.2) is 0 Å². The van der Waals surface area contributed by atoms with Crippen LogP contribution in [0, 0.1) is 5.92 Å². The lowest BCUT2D eigenvalue weighted by Gasteiger charge is -2.29. The van der Waals surface area contributed by atoms with Crippen molar-refractivity contribution in [1.82, 2.24) is 4.90 Å². The number of phenolic OH excluding ortho intramolecular Hbond substituents is 1. The molecule has 1 aliphatic heterocycles. The van der Waals surface area contributed by atoms with E-state index in [1.54, 1.807) is 6.07 Å². The van der Waals surface area contributed by atoms with Crippen molar-refractivity contribution < 1.29 is 24.5 Å². The first-order valence-corrected chi connectivity index (χ1v) is 6.97. The Morgan fingerprint density at radius 1 is 1.48 bits per heavy atom. The average Bonchev–Trinajstić information content (AvgIpc) is 2.95. The Hall–Kier alpha value is -1.79. The smallest absolute Gasteiger partial charge is 0.310 e. The number of carbonyl (C=O) groups is 1. The molecular weight excluding hydrogens is 274 g/mol. The zero-order valence-corrected chi connectivity index (χ0v) is 12.3. The summed E-state index contributed by atoms with van der Waals surface area (Å²) in [6.07, 6.45) is 0. The molecule has 6 nitrogen and oxygen atoms in total. The van der Waals surface area contributed by atoms with Gasteiger partial charge in [0, 0.05) is 18.2 Å². The molecule has 2 N–H and O–H groups in total. The molecule has 2 atom stereocenters. The van der Waals surface area contributed by atoms with Crippen molar-refractivity contribution in [3.05, 3.63) is 23.8 Å². The standard InChI is InChI=1S/C15H21NO5/c1-3-16(12-9-21-8-11(12)15(18)19)7-10-5-4-6-13(20-2)14(10)17/h4-6,11-12,17H,3,7-9H2,1-2H3,(H,18,19). The largest absolute Gasteiger partial charge is 0.504 e. The summed E-state index contributed by atoms with van der Waals surface area (Å²) in [6, 6.07) is 5.12. The monoisotopic (exact) mass is 295 g/mol. The summed E-state index contributed by atoms with van der Waals surface area (Å²) >= 11 is 0. The third kappa shape index (κ3) is 3.28. The third-order valence-corrected chi connectivity index (χ3v) is 3.92. The van der Waals surface area contributed by atoms with Crippen LogP contribution in [0.1, 0.15) is 12.5 Å². The van der Waals surface area contributed by atoms with Gasteiger partial charge in [-0.05, 0) is 12.6 Å². The van der Waals surface area contributed by atoms with Crippen LogP contribution in [0.15, 0.2) is 18.2 Å². The fourth-order valence-corrected chi connectivity index (χ4v) is 2.68. The number of aromatic hydroxyl groups is 1. The van der Waals surface area contributed by atoms with Gasteiger partial charge >= 0.3 is 5.97 Å². The van der Waals surface area contributed by atoms with Gasteiger partial charge in [-0.1, -0.05) is 19.1 Å². The number of benzene rings is 1. The van der Waals surface area contributed by atoms with E-state index in [2.05, 4.69) is 0 Å². The van der Waals surface area contributed by atoms with Crippen LogP contribution in [-0.2, 0) is 16.1 Å². The predicted molar refractivity (Wildman–Crippen MR) is 76.5 cm³/mol. The molecular formula is C15H21NO5. The van der Waals surface area contributed by atoms with Crippen LogP contribution >= 0.6 is 0 Å². The number of hydrogen-bond acceptors (Lipinski definition) is 5. The van der Waals surface area contributed by atoms with E-state index in [4.69, 9.17) is 9.47 Å². The number of rotatable bonds is 6. The number of carboxylic acid groups (broad SMARTS) is 1. The molecule has 0 aromatic heterocycles. The van der Waals surface area contributed by atoms with E-state index in [1.165, 1.54) is 7.11 Å². The van der Waals surface area contributed by atoms with Gasteiger partial charge in [0.25, 0.3) is 0 Å². The Morgan fingerprint density at radius 3 is 2.86 bits per heavy atom. The molecule has 0 bridgehead atoms. The van der Waals surface area contributed by atoms with Crippen LogP contribution < -0.4 is 4.74 Å². The van der Waals surface area contributed by atoms with Crippen molar-refractivity contribution in [2.75, 3.05) is 26.9 Å². The summed E-state index contributed by atoms with van der Waals surface area (Å²) in [6.45, 7) is 3.73. The van der Waals surface area contributed by atoms with E-state index in [-0.39, 0.29) is 18.4 Å². The van der Waals surface area contributed by atoms with Gasteiger partial charge in [-0.2, -0.15) is 0 Å². The normalized spacial score (nSPS) is 21.7. The predicted octanol–water partition coefficient (Wildman–Crippen LogP) is 1.32. The Balaban J connectivity index is 2.18. The Bertz CT molecular complexity index is 505. The zero-order chi connectivity index (χ0) is 15.4. The molecule has 2 unspecified atom stereocenters. The third-order valence-electron chi connectivity index (χ3n) is 3.92. The molecule has 0 saturated carbocycles. The summed E-state index contributed by atoms with van der Waals surface area (Å²) in [7, 11) is 1.50. The van der Waals surface area contributed by atoms with Crippen LogP contribution in [-0.4, -0.2) is 54.0 Å². The van der Waals surface area contributed by atoms with E-state index >= 15 is 0 Å². The highest BCUT2D eigenvalue weighted by molar-refractivity contribution is 5.71. The summed E-state index contributed by atoms with van der Waals surface area (Å²) in [4.78, 5) is 13.3. The molecule has 0 radical (unpaired) electrons. The second-order valence-corrected chi connectivity index (χ2v) is 5.08. The number of nitrogens with zero attached hydrogens (tertiary/aromatic N) is 1. The van der Waals surface area contributed by atoms with Crippen LogP contribution in [0.25, 0.3) is 0 Å². The molecule has 1 saturated heterocycles. The fraction of sp³-hybridized carbons (Fsp3) is 0.533. The van der Waals surface area contributed by atoms with Crippen molar-refractivity contribution in [2.45, 2.75) is 19.5 Å². The molecule has 6 heteroatoms. The van der Waals surface area contributed by atoms with Gasteiger partial charge in [0.15, 0.2) is 11.5 Å². The van der Waals surface area contributed by atoms with Crippen molar-refractivity contribution in [3.63, 3.8) is 0 Å². The maximum Gasteiger partial charge on any atom is 0.310 e. The fourth-order valence-electron chi connectivity index (χ4n) is 2.68. The quantitative estimate of drug-likeness (QED) is 0.824. The topological polar surface area (TPSA) is 79.2 Å². The molecule has 1 heterocycles. The summed E-state index contributed by atoms with van der Waals surface area (Å²) < 4.78 is 10.4. The second-order valence-electron chi connectivity index (χ2n) is 5.08. The van der Waals surface area contributed by atoms with Gasteiger partial charge in [-0.3, -0.25) is 9.69 Å². The number of carboxylic acids is 1. The maximum absolute atomic E-state index is 11.3. The average molecular weight is 295 g/mol. The van der Waals surface area contributed by atoms with Crippen LogP contribution in [0.2, 0.25) is 0 Å². The Labute approximate surface area is 123 Å². The van der Waals surface area contributed by atoms with Gasteiger partial charge in [-0.15, -0.1) is 0 Å². The van der Waals surface area contributed by atoms with Crippen molar-refractivity contribution >= 4 is 5.97 Å². The van der Waals surface area contributed by atoms with Gasteiger partial charge in [0.1, 0.15) is 0 Å². The van der Waals surface area contributed by atoms with Gasteiger partial charge in [0.2, 0.25) is 0 Å². The number of methoxy groups -OCH3 is 1. The first-order valence-electron chi connectivity index (χ1n) is 6.97. The second kappa shape index (κ2) is 6.78. The number of phenols is 1. The number of ether oxygens (including phenoxy) is 2. The van der Waals surface area contributed by atoms with Gasteiger partial charge in [0.05, 0.1) is 26.2 Å². The highest BCUT2D eigenvalue weighted by Gasteiger charge is 2.37. The summed E-state index contributed by atoms with van der Waals surface area (Å²) in [5, 5.41) is 19.4. The molecule has 1 aliphatic rings. The molecule has 0 spiro atoms. The molecule has 2 rings (SSSR count). The highest BCUT2D eigenvalue weighted by atomic mass is 16.5. The van der Waals surface area contributed by atoms with Crippen molar-refractivity contribution in [1.29, 1.82) is 0 Å². The number of aliphatic carboxylic acids is 1. The lowest BCUT2D eigenvalue weighted by Crippen LogP contribution is -2.42. The molecule has 116 valence electrons. The van der Waals surface area contributed by atoms with Crippen LogP contribution in [0.4, 0.5) is 0 Å². The minimum Gasteiger partial charge on any atom is -0.504 e. The molecule has 1 aromatic carbocycles.